The normalized spacial score (nSPS) is 9.50. The van der Waals surface area contributed by atoms with Gasteiger partial charge in [0.1, 0.15) is 12.4 Å². The molecule has 2 N–H and O–H groups in total. The molecule has 2 rings (SSSR count). The fourth-order valence-electron chi connectivity index (χ4n) is 1.87. The largest absolute Gasteiger partial charge is 0.508 e. The molecule has 0 radical (unpaired) electrons. The van der Waals surface area contributed by atoms with E-state index in [1.54, 1.807) is 12.1 Å². The Bertz CT molecular complexity index is 679. The van der Waals surface area contributed by atoms with Crippen LogP contribution in [0.25, 0.3) is 0 Å². The Hall–Kier alpha value is -2.93. The molecule has 0 unspecified atom stereocenters. The number of carbonyl (C=O) groups is 1. The number of amides is 1. The lowest BCUT2D eigenvalue weighted by atomic mass is 10.1. The van der Waals surface area contributed by atoms with Crippen LogP contribution in [-0.2, 0) is 11.3 Å². The van der Waals surface area contributed by atoms with Gasteiger partial charge in [-0.2, -0.15) is 0 Å². The fraction of sp³-hybridized carbons (Fsp3) is 0.167. The highest BCUT2D eigenvalue weighted by atomic mass is 16.5. The molecule has 0 fully saturated rings. The van der Waals surface area contributed by atoms with E-state index in [4.69, 9.17) is 4.74 Å². The highest BCUT2D eigenvalue weighted by molar-refractivity contribution is 5.67. The van der Waals surface area contributed by atoms with E-state index in [1.165, 1.54) is 0 Å². The Balaban J connectivity index is 1.76. The number of aromatic hydroxyl groups is 1. The highest BCUT2D eigenvalue weighted by Gasteiger charge is 2.00. The van der Waals surface area contributed by atoms with Gasteiger partial charge in [0.05, 0.1) is 6.54 Å². The molecule has 4 nitrogen and oxygen atoms in total. The molecule has 0 bridgehead atoms. The maximum absolute atomic E-state index is 11.5. The number of phenols is 1. The van der Waals surface area contributed by atoms with Gasteiger partial charge >= 0.3 is 6.09 Å². The zero-order chi connectivity index (χ0) is 15.8. The van der Waals surface area contributed by atoms with Gasteiger partial charge in [0.2, 0.25) is 0 Å². The molecule has 0 atom stereocenters. The number of rotatable bonds is 3. The van der Waals surface area contributed by atoms with Crippen LogP contribution < -0.4 is 5.32 Å². The van der Waals surface area contributed by atoms with Gasteiger partial charge in [-0.15, -0.1) is 0 Å². The van der Waals surface area contributed by atoms with Gasteiger partial charge in [-0.25, -0.2) is 4.79 Å². The van der Waals surface area contributed by atoms with Crippen LogP contribution in [-0.4, -0.2) is 17.7 Å². The average molecular weight is 295 g/mol. The molecule has 22 heavy (non-hydrogen) atoms. The molecule has 0 spiro atoms. The van der Waals surface area contributed by atoms with Crippen molar-refractivity contribution >= 4 is 6.09 Å². The molecule has 2 aromatic rings. The number of benzene rings is 2. The number of nitrogens with one attached hydrogen (secondary N) is 1. The van der Waals surface area contributed by atoms with Crippen LogP contribution >= 0.6 is 0 Å². The molecule has 0 aliphatic carbocycles. The second kappa shape index (κ2) is 7.75. The molecular formula is C18H17NO3. The predicted octanol–water partition coefficient (Wildman–Crippen LogP) is 2.98. The molecule has 0 aliphatic rings. The lowest BCUT2D eigenvalue weighted by Crippen LogP contribution is -2.24. The lowest BCUT2D eigenvalue weighted by Gasteiger charge is -2.04. The minimum atomic E-state index is -0.509. The van der Waals surface area contributed by atoms with Crippen molar-refractivity contribution in [1.29, 1.82) is 0 Å². The molecule has 0 saturated heterocycles. The van der Waals surface area contributed by atoms with Crippen molar-refractivity contribution in [2.45, 2.75) is 13.5 Å². The summed E-state index contributed by atoms with van der Waals surface area (Å²) in [6.07, 6.45) is -0.509. The summed E-state index contributed by atoms with van der Waals surface area (Å²) in [5.74, 6) is 5.87. The van der Waals surface area contributed by atoms with E-state index in [2.05, 4.69) is 17.2 Å². The smallest absolute Gasteiger partial charge is 0.408 e. The van der Waals surface area contributed by atoms with Crippen LogP contribution in [0.1, 0.15) is 16.7 Å². The van der Waals surface area contributed by atoms with Gasteiger partial charge < -0.3 is 15.2 Å². The molecule has 112 valence electrons. The van der Waals surface area contributed by atoms with E-state index in [9.17, 15) is 9.90 Å². The van der Waals surface area contributed by atoms with E-state index in [-0.39, 0.29) is 18.9 Å². The standard InChI is InChI=1S/C18H17NO3/c1-14-10-16(12-17(20)11-14)8-5-9-19-18(21)22-13-15-6-3-2-4-7-15/h2-4,6-7,10-12,20H,9,13H2,1H3,(H,19,21). The molecule has 0 heterocycles. The molecule has 0 saturated carbocycles. The SMILES string of the molecule is Cc1cc(O)cc(C#CCNC(=O)OCc2ccccc2)c1. The second-order valence-corrected chi connectivity index (χ2v) is 4.77. The van der Waals surface area contributed by atoms with Gasteiger partial charge in [-0.3, -0.25) is 0 Å². The van der Waals surface area contributed by atoms with Crippen LogP contribution in [0.5, 0.6) is 5.75 Å². The third-order valence-corrected chi connectivity index (χ3v) is 2.83. The zero-order valence-corrected chi connectivity index (χ0v) is 12.3. The van der Waals surface area contributed by atoms with Gasteiger partial charge in [-0.05, 0) is 36.2 Å². The molecule has 1 amide bonds. The van der Waals surface area contributed by atoms with E-state index in [0.717, 1.165) is 11.1 Å². The molecule has 4 heteroatoms. The van der Waals surface area contributed by atoms with Gasteiger partial charge in [-0.1, -0.05) is 42.2 Å². The third-order valence-electron chi connectivity index (χ3n) is 2.83. The van der Waals surface area contributed by atoms with Crippen molar-refractivity contribution in [2.24, 2.45) is 0 Å². The summed E-state index contributed by atoms with van der Waals surface area (Å²) in [7, 11) is 0. The maximum Gasteiger partial charge on any atom is 0.408 e. The fourth-order valence-corrected chi connectivity index (χ4v) is 1.87. The van der Waals surface area contributed by atoms with E-state index in [1.807, 2.05) is 43.3 Å². The molecule has 0 aliphatic heterocycles. The van der Waals surface area contributed by atoms with Crippen LogP contribution in [0.2, 0.25) is 0 Å². The first-order valence-corrected chi connectivity index (χ1v) is 6.87. The summed E-state index contributed by atoms with van der Waals surface area (Å²) in [4.78, 5) is 11.5. The summed E-state index contributed by atoms with van der Waals surface area (Å²) in [6.45, 7) is 2.29. The van der Waals surface area contributed by atoms with Crippen molar-refractivity contribution in [3.8, 4) is 17.6 Å². The summed E-state index contributed by atoms with van der Waals surface area (Å²) < 4.78 is 5.06. The minimum absolute atomic E-state index is 0.180. The van der Waals surface area contributed by atoms with Crippen molar-refractivity contribution in [3.05, 3.63) is 65.2 Å². The van der Waals surface area contributed by atoms with Crippen molar-refractivity contribution < 1.29 is 14.6 Å². The number of hydrogen-bond acceptors (Lipinski definition) is 3. The van der Waals surface area contributed by atoms with Crippen molar-refractivity contribution in [1.82, 2.24) is 5.32 Å². The van der Waals surface area contributed by atoms with Gasteiger partial charge in [0.15, 0.2) is 0 Å². The Kier molecular flexibility index (Phi) is 5.44. The Labute approximate surface area is 129 Å². The first-order chi connectivity index (χ1) is 10.6. The van der Waals surface area contributed by atoms with Crippen molar-refractivity contribution in [3.63, 3.8) is 0 Å². The Morgan fingerprint density at radius 3 is 2.73 bits per heavy atom. The summed E-state index contributed by atoms with van der Waals surface area (Å²) in [5, 5.41) is 12.0. The number of alkyl carbamates (subject to hydrolysis) is 1. The Morgan fingerprint density at radius 2 is 2.00 bits per heavy atom. The average Bonchev–Trinajstić information content (AvgIpc) is 2.50. The van der Waals surface area contributed by atoms with Gasteiger partial charge in [0, 0.05) is 5.56 Å². The Morgan fingerprint density at radius 1 is 1.23 bits per heavy atom. The highest BCUT2D eigenvalue weighted by Crippen LogP contribution is 2.13. The first-order valence-electron chi connectivity index (χ1n) is 6.87. The second-order valence-electron chi connectivity index (χ2n) is 4.77. The topological polar surface area (TPSA) is 58.6 Å². The number of ether oxygens (including phenoxy) is 1. The van der Waals surface area contributed by atoms with Crippen LogP contribution in [0, 0.1) is 18.8 Å². The van der Waals surface area contributed by atoms with E-state index >= 15 is 0 Å². The zero-order valence-electron chi connectivity index (χ0n) is 12.3. The first kappa shape index (κ1) is 15.5. The monoisotopic (exact) mass is 295 g/mol. The maximum atomic E-state index is 11.5. The minimum Gasteiger partial charge on any atom is -0.508 e. The number of hydrogen-bond donors (Lipinski definition) is 2. The third kappa shape index (κ3) is 5.22. The quantitative estimate of drug-likeness (QED) is 0.856. The number of phenolic OH excluding ortho intramolecular Hbond substituents is 1. The van der Waals surface area contributed by atoms with Crippen molar-refractivity contribution in [2.75, 3.05) is 6.54 Å². The predicted molar refractivity (Wildman–Crippen MR) is 84.4 cm³/mol. The van der Waals surface area contributed by atoms with Crippen LogP contribution in [0.4, 0.5) is 4.79 Å². The summed E-state index contributed by atoms with van der Waals surface area (Å²) >= 11 is 0. The summed E-state index contributed by atoms with van der Waals surface area (Å²) in [5.41, 5.74) is 2.57. The lowest BCUT2D eigenvalue weighted by molar-refractivity contribution is 0.141. The number of carbonyl (C=O) groups excluding carboxylic acids is 1. The number of aryl methyl sites for hydroxylation is 1. The molecular weight excluding hydrogens is 278 g/mol. The molecule has 2 aromatic carbocycles. The van der Waals surface area contributed by atoms with Crippen LogP contribution in [0.3, 0.4) is 0 Å². The molecule has 0 aromatic heterocycles. The van der Waals surface area contributed by atoms with E-state index in [0.29, 0.717) is 5.56 Å². The summed E-state index contributed by atoms with van der Waals surface area (Å²) in [6, 6.07) is 14.5. The van der Waals surface area contributed by atoms with E-state index < -0.39 is 6.09 Å². The van der Waals surface area contributed by atoms with Crippen LogP contribution in [0.15, 0.2) is 48.5 Å². The van der Waals surface area contributed by atoms with Gasteiger partial charge in [0.25, 0.3) is 0 Å².